The van der Waals surface area contributed by atoms with Crippen LogP contribution in [-0.2, 0) is 97.2 Å². The summed E-state index contributed by atoms with van der Waals surface area (Å²) in [5, 5.41) is 51.9. The number of phosphoric ester groups is 1. The number of aliphatic hydroxyl groups excluding tert-OH is 1. The summed E-state index contributed by atoms with van der Waals surface area (Å²) in [6.45, 7) is 9.25. The molecule has 0 bridgehead atoms. The van der Waals surface area contributed by atoms with Gasteiger partial charge in [0, 0.05) is 126 Å². The molecule has 1 aromatic heterocycles. The number of ether oxygens (including phenoxy) is 1. The van der Waals surface area contributed by atoms with Crippen LogP contribution in [0.1, 0.15) is 211 Å². The number of ketones is 1. The molecule has 2 aromatic carbocycles. The van der Waals surface area contributed by atoms with Crippen LogP contribution in [-0.4, -0.2) is 248 Å². The van der Waals surface area contributed by atoms with Gasteiger partial charge in [-0.25, -0.2) is 23.3 Å². The van der Waals surface area contributed by atoms with Crippen LogP contribution >= 0.6 is 45.1 Å². The number of phosphoric acid groups is 3. The molecule has 0 saturated carbocycles. The van der Waals surface area contributed by atoms with Crippen molar-refractivity contribution in [2.45, 2.75) is 230 Å². The Bertz CT molecular complexity index is 4920. The van der Waals surface area contributed by atoms with Gasteiger partial charge in [-0.2, -0.15) is 13.6 Å². The molecule has 3 aliphatic heterocycles. The number of anilines is 1. The molecular formula is C82H113N12O28P3S2. The minimum absolute atomic E-state index is 0.00848. The van der Waals surface area contributed by atoms with Crippen LogP contribution < -0.4 is 38.0 Å². The smallest absolute Gasteiger partial charge is 0.481 e. The van der Waals surface area contributed by atoms with E-state index in [4.69, 9.17) is 25.2 Å². The number of hydrogen-bond donors (Lipinski definition) is 14. The van der Waals surface area contributed by atoms with Gasteiger partial charge in [0.25, 0.3) is 5.91 Å². The number of nitrogens with one attached hydrogen (secondary N) is 5. The molecule has 8 rings (SSSR count). The lowest BCUT2D eigenvalue weighted by atomic mass is 9.65. The molecule has 12 atom stereocenters. The third kappa shape index (κ3) is 31.5. The zero-order chi connectivity index (χ0) is 93.0. The van der Waals surface area contributed by atoms with Crippen LogP contribution in [0.4, 0.5) is 5.82 Å². The lowest BCUT2D eigenvalue weighted by Gasteiger charge is -2.38. The number of aliphatic hydroxyl groups is 1. The number of fused-ring (bicyclic) bond motifs is 2. The highest BCUT2D eigenvalue weighted by Crippen LogP contribution is 2.66. The predicted molar refractivity (Wildman–Crippen MR) is 465 cm³/mol. The third-order valence-corrected chi connectivity index (χ3v) is 28.1. The Morgan fingerprint density at radius 1 is 0.756 bits per heavy atom. The quantitative estimate of drug-likeness (QED) is 0.0142. The van der Waals surface area contributed by atoms with Crippen molar-refractivity contribution in [1.82, 2.24) is 50.8 Å². The van der Waals surface area contributed by atoms with Crippen LogP contribution in [0, 0.1) is 24.7 Å². The number of rotatable bonds is 49. The standard InChI is InChI=1S/C82H113N12O28P3S2/c1-6-20-51-41-53-42-54-43-61(84-7-2)50(4)40-59(54)74(58(53)39-49(51)3)56-23-12-13-24-57(56)79(107)91(5)34-19-29-69(98)85-32-15-8-9-28-68(97)86-33-16-14-25-60(80(108)93-36-18-27-65(93)78(106)88-62(44-72(100)101)76(104)89-63(81(109)110)45-73(102)103)87-77(105)64-26-17-35-92(64)70(99)31-38-127-126-37-30-55(95)22-11-10-21-52-47-94(82(111)90-75(52)83)71-46-66(96)67(120-71)48-119-124(115,116)122-125(117,118)121-123(112,113)114/h12-13,23-24,39-41,43,47,59-60,62-67,71,74,96H,6-9,11,14-20,22,25-38,42,44-46,48H2,1-5H3,(H,85,98)(H,86,97)(H,87,105)(H,88,106)(H,89,104)(H,100,101)(H,102,103)(H,109,110)(H,115,116)(H,117,118)(H2,83,90,111)(H2,112,113,114)/t59?,60?,62?,63?,64?,65?,66?,67-,71-,74?/m1/s1. The number of likely N-dealkylation sites (tertiary alicyclic amines) is 2. The van der Waals surface area contributed by atoms with Crippen molar-refractivity contribution in [1.29, 1.82) is 0 Å². The van der Waals surface area contributed by atoms with Crippen LogP contribution in [0.3, 0.4) is 0 Å². The molecular weight excluding hydrogens is 1760 g/mol. The Morgan fingerprint density at radius 2 is 1.39 bits per heavy atom. The molecule has 696 valence electrons. The number of carboxylic acids is 3. The topological polar surface area (TPSA) is 598 Å². The van der Waals surface area contributed by atoms with Gasteiger partial charge in [-0.15, -0.1) is 0 Å². The first-order chi connectivity index (χ1) is 60.2. The first-order valence-corrected chi connectivity index (χ1v) is 49.0. The second-order valence-electron chi connectivity index (χ2n) is 31.4. The van der Waals surface area contributed by atoms with E-state index in [9.17, 15) is 106 Å². The molecule has 45 heteroatoms. The molecule has 5 aliphatic rings. The van der Waals surface area contributed by atoms with E-state index < -0.39 is 139 Å². The highest BCUT2D eigenvalue weighted by Gasteiger charge is 2.46. The molecule has 15 N–H and O–H groups in total. The molecule has 127 heavy (non-hydrogen) atoms. The van der Waals surface area contributed by atoms with E-state index >= 15 is 0 Å². The summed E-state index contributed by atoms with van der Waals surface area (Å²) in [7, 11) is -12.7. The number of aromatic nitrogens is 2. The monoisotopic (exact) mass is 1870 g/mol. The molecule has 0 spiro atoms. The summed E-state index contributed by atoms with van der Waals surface area (Å²) in [4.78, 5) is 221. The SMILES string of the molecule is CCCc1cc2c(cc1C)C(c1ccccc1C(=O)N(C)CCCC(=O)NCCCCCC(=O)NCCCCC(NC(=O)C1CCCN1C(=O)CCSSCCC(=O)CCC#Cc1cn([C@H]3CC(O)[C@@H](COP(=O)(O)OP(=O)(O)OP(=O)(O)O)O3)c(=O)nc1N)C(=O)N1CCCC1C(=O)NC(CC(=O)O)C(=O)NC(CC(=O)O)C(=O)O)C1C=C(C)C(=NCC)C=C1C2. The second kappa shape index (κ2) is 48.9. The fraction of sp³-hybridized carbons (Fsp3) is 0.573. The maximum atomic E-state index is 14.7. The number of hydrogen-bond acceptors (Lipinski definition) is 26. The number of nitrogens with two attached hydrogens (primary N) is 1. The van der Waals surface area contributed by atoms with Crippen molar-refractivity contribution in [3.05, 3.63) is 115 Å². The van der Waals surface area contributed by atoms with Gasteiger partial charge in [-0.1, -0.05) is 95.2 Å². The van der Waals surface area contributed by atoms with Crippen LogP contribution in [0.2, 0.25) is 0 Å². The van der Waals surface area contributed by atoms with Crippen molar-refractivity contribution < 1.29 is 129 Å². The summed E-state index contributed by atoms with van der Waals surface area (Å²) in [6.07, 6.45) is 6.04. The molecule has 10 unspecified atom stereocenters. The number of unbranched alkanes of at least 4 members (excludes halogenated alkanes) is 3. The molecule has 3 saturated heterocycles. The molecule has 8 amide bonds. The number of benzene rings is 2. The normalized spacial score (nSPS) is 20.3. The number of amides is 8. The largest absolute Gasteiger partial charge is 0.490 e. The maximum Gasteiger partial charge on any atom is 0.490 e. The van der Waals surface area contributed by atoms with Gasteiger partial charge in [0.2, 0.25) is 41.4 Å². The summed E-state index contributed by atoms with van der Waals surface area (Å²) in [6, 6.07) is 4.97. The number of nitrogens with zero attached hydrogens (tertiary/aromatic N) is 6. The first-order valence-electron chi connectivity index (χ1n) is 42.0. The van der Waals surface area contributed by atoms with E-state index in [2.05, 4.69) is 102 Å². The van der Waals surface area contributed by atoms with E-state index in [1.54, 1.807) is 11.9 Å². The van der Waals surface area contributed by atoms with Crippen molar-refractivity contribution in [3.8, 4) is 11.8 Å². The number of allylic oxidation sites excluding steroid dienone is 4. The van der Waals surface area contributed by atoms with Crippen molar-refractivity contribution in [2.75, 3.05) is 70.2 Å². The average Bonchev–Trinajstić information content (AvgIpc) is 1.30. The Labute approximate surface area is 741 Å². The van der Waals surface area contributed by atoms with E-state index in [0.29, 0.717) is 69.5 Å². The lowest BCUT2D eigenvalue weighted by Crippen LogP contribution is -2.58. The van der Waals surface area contributed by atoms with Gasteiger partial charge in [-0.3, -0.25) is 66.8 Å². The number of carbonyl (C=O) groups is 12. The van der Waals surface area contributed by atoms with Crippen molar-refractivity contribution >= 4 is 128 Å². The van der Waals surface area contributed by atoms with E-state index in [1.807, 2.05) is 30.4 Å². The Balaban J connectivity index is 0.777. The predicted octanol–water partition coefficient (Wildman–Crippen LogP) is 5.58. The maximum absolute atomic E-state index is 14.7. The number of aryl methyl sites for hydroxylation is 2. The van der Waals surface area contributed by atoms with E-state index in [0.717, 1.165) is 46.9 Å². The van der Waals surface area contributed by atoms with Gasteiger partial charge in [0.1, 0.15) is 54.1 Å². The van der Waals surface area contributed by atoms with E-state index in [-0.39, 0.29) is 155 Å². The van der Waals surface area contributed by atoms with Gasteiger partial charge in [-0.05, 0) is 143 Å². The fourth-order valence-corrected chi connectivity index (χ4v) is 20.7. The Hall–Kier alpha value is -9.30. The van der Waals surface area contributed by atoms with Crippen LogP contribution in [0.25, 0.3) is 0 Å². The molecule has 3 fully saturated rings. The van der Waals surface area contributed by atoms with Gasteiger partial charge >= 0.3 is 47.1 Å². The number of carbonyl (C=O) groups excluding carboxylic acids is 9. The summed E-state index contributed by atoms with van der Waals surface area (Å²) in [5.74, 6) is -3.90. The second-order valence-corrected chi connectivity index (χ2v) is 38.6. The zero-order valence-corrected chi connectivity index (χ0v) is 75.6. The van der Waals surface area contributed by atoms with E-state index in [1.165, 1.54) is 59.2 Å². The molecule has 2 aliphatic carbocycles. The highest BCUT2D eigenvalue weighted by molar-refractivity contribution is 8.76. The zero-order valence-electron chi connectivity index (χ0n) is 71.3. The number of nitrogen functional groups attached to an aromatic ring is 1. The third-order valence-electron chi connectivity index (χ3n) is 21.9. The minimum Gasteiger partial charge on any atom is -0.481 e. The molecule has 3 aromatic rings. The van der Waals surface area contributed by atoms with Crippen LogP contribution in [0.5, 0.6) is 0 Å². The highest BCUT2D eigenvalue weighted by atomic mass is 33.1. The lowest BCUT2D eigenvalue weighted by molar-refractivity contribution is -0.148. The minimum atomic E-state index is -5.84. The summed E-state index contributed by atoms with van der Waals surface area (Å²) in [5.41, 5.74) is 15.1. The van der Waals surface area contributed by atoms with Crippen molar-refractivity contribution in [2.24, 2.45) is 10.9 Å². The van der Waals surface area contributed by atoms with Gasteiger partial charge < -0.3 is 91.8 Å². The Morgan fingerprint density at radius 3 is 2.06 bits per heavy atom. The molecule has 0 radical (unpaired) electrons. The molecule has 40 nitrogen and oxygen atoms in total. The number of aliphatic imine (C=N–C) groups is 1. The van der Waals surface area contributed by atoms with Gasteiger partial charge in [0.15, 0.2) is 0 Å². The fourth-order valence-electron chi connectivity index (χ4n) is 15.7. The summed E-state index contributed by atoms with van der Waals surface area (Å²) < 4.78 is 53.2. The summed E-state index contributed by atoms with van der Waals surface area (Å²) >= 11 is 0. The molecule has 4 heterocycles. The van der Waals surface area contributed by atoms with Gasteiger partial charge in [0.05, 0.1) is 36.8 Å². The van der Waals surface area contributed by atoms with Crippen LogP contribution in [0.15, 0.2) is 75.7 Å². The number of Topliss-reactive ketones (excluding diaryl/α,β-unsaturated/α-hetero) is 1. The Kier molecular flexibility index (Phi) is 39.7. The number of carboxylic acid groups (broad SMARTS) is 3. The van der Waals surface area contributed by atoms with Crippen molar-refractivity contribution in [3.63, 3.8) is 0 Å². The first kappa shape index (κ1) is 103. The number of aliphatic carboxylic acids is 3. The average molecular weight is 1870 g/mol.